The van der Waals surface area contributed by atoms with Gasteiger partial charge in [0.1, 0.15) is 6.29 Å². The number of hydrogen-bond acceptors (Lipinski definition) is 8. The summed E-state index contributed by atoms with van der Waals surface area (Å²) < 4.78 is 11.0. The van der Waals surface area contributed by atoms with Crippen molar-refractivity contribution in [2.75, 3.05) is 85.8 Å². The van der Waals surface area contributed by atoms with Gasteiger partial charge in [0.2, 0.25) is 0 Å². The Kier molecular flexibility index (Phi) is 35.9. The van der Waals surface area contributed by atoms with Crippen LogP contribution in [0.5, 0.6) is 0 Å². The van der Waals surface area contributed by atoms with Crippen LogP contribution >= 0.6 is 0 Å². The van der Waals surface area contributed by atoms with Crippen LogP contribution in [0.3, 0.4) is 0 Å². The number of methoxy groups -OCH3 is 1. The lowest BCUT2D eigenvalue weighted by Gasteiger charge is -2.35. The summed E-state index contributed by atoms with van der Waals surface area (Å²) in [7, 11) is 1.77. The molecule has 2 atom stereocenters. The topological polar surface area (TPSA) is 82.6 Å². The third-order valence-corrected chi connectivity index (χ3v) is 9.99. The van der Waals surface area contributed by atoms with E-state index in [4.69, 9.17) is 14.6 Å². The summed E-state index contributed by atoms with van der Waals surface area (Å²) >= 11 is 0. The number of carbonyl (C=O) groups excluding carboxylic acids is 2. The van der Waals surface area contributed by atoms with Gasteiger partial charge in [0, 0.05) is 65.4 Å². The van der Waals surface area contributed by atoms with Crippen molar-refractivity contribution in [1.29, 1.82) is 0 Å². The maximum atomic E-state index is 12.7. The molecule has 0 aliphatic carbocycles. The molecule has 8 nitrogen and oxygen atoms in total. The van der Waals surface area contributed by atoms with Gasteiger partial charge >= 0.3 is 5.97 Å². The highest BCUT2D eigenvalue weighted by Gasteiger charge is 2.20. The molecule has 1 saturated heterocycles. The average molecular weight is 698 g/mol. The van der Waals surface area contributed by atoms with Gasteiger partial charge in [-0.25, -0.2) is 0 Å². The molecule has 2 unspecified atom stereocenters. The molecule has 1 rings (SSSR count). The van der Waals surface area contributed by atoms with Crippen molar-refractivity contribution in [3.8, 4) is 0 Å². The zero-order valence-electron chi connectivity index (χ0n) is 33.3. The number of piperazine rings is 1. The minimum atomic E-state index is 0.0386. The van der Waals surface area contributed by atoms with E-state index in [0.717, 1.165) is 142 Å². The van der Waals surface area contributed by atoms with Crippen LogP contribution in [-0.4, -0.2) is 118 Å². The minimum Gasteiger partial charge on any atom is -0.465 e. The summed E-state index contributed by atoms with van der Waals surface area (Å²) in [5.74, 6) is 0.477. The van der Waals surface area contributed by atoms with Crippen LogP contribution in [0, 0.1) is 11.8 Å². The molecule has 0 saturated carbocycles. The number of carbonyl (C=O) groups is 2. The molecule has 1 N–H and O–H groups in total. The number of esters is 1. The van der Waals surface area contributed by atoms with Crippen molar-refractivity contribution >= 4 is 12.3 Å². The van der Waals surface area contributed by atoms with Crippen LogP contribution in [0.4, 0.5) is 0 Å². The van der Waals surface area contributed by atoms with E-state index < -0.39 is 0 Å². The van der Waals surface area contributed by atoms with E-state index in [-0.39, 0.29) is 18.5 Å². The number of aliphatic hydroxyl groups is 1. The maximum absolute atomic E-state index is 12.7. The fraction of sp³-hybridized carbons (Fsp3) is 0.951. The van der Waals surface area contributed by atoms with E-state index in [9.17, 15) is 9.59 Å². The largest absolute Gasteiger partial charge is 0.465 e. The van der Waals surface area contributed by atoms with Crippen LogP contribution in [-0.2, 0) is 19.1 Å². The normalized spacial score (nSPS) is 15.2. The zero-order chi connectivity index (χ0) is 36.2. The smallest absolute Gasteiger partial charge is 0.308 e. The summed E-state index contributed by atoms with van der Waals surface area (Å²) in [5, 5.41) is 9.15. The first-order valence-electron chi connectivity index (χ1n) is 20.9. The van der Waals surface area contributed by atoms with Gasteiger partial charge < -0.3 is 24.3 Å². The molecule has 0 aromatic rings. The Balaban J connectivity index is 0.00000149. The monoisotopic (exact) mass is 698 g/mol. The standard InChI is InChI=1S/C29H59N3O4.C12H24O/c1-4-6-8-9-15-28(14-7-5-2)29(34)36-27-13-11-17-30(16-10-12-26-35-3)18-19-31-20-22-32(23-21-31)24-25-33;1-3-5-7-8-10-12(11-13)9-6-4-2/h28,33H,4-27H2,1-3H3;11-12H,3-10H2,1-2H3. The van der Waals surface area contributed by atoms with Crippen molar-refractivity contribution in [2.24, 2.45) is 11.8 Å². The number of aldehydes is 1. The van der Waals surface area contributed by atoms with Crippen molar-refractivity contribution < 1.29 is 24.2 Å². The molecule has 1 heterocycles. The third-order valence-electron chi connectivity index (χ3n) is 9.99. The van der Waals surface area contributed by atoms with Gasteiger partial charge in [-0.3, -0.25) is 14.6 Å². The van der Waals surface area contributed by atoms with Gasteiger partial charge in [0.05, 0.1) is 19.1 Å². The van der Waals surface area contributed by atoms with Gasteiger partial charge in [0.25, 0.3) is 0 Å². The van der Waals surface area contributed by atoms with Crippen molar-refractivity contribution in [2.45, 2.75) is 156 Å². The van der Waals surface area contributed by atoms with Crippen LogP contribution in [0.2, 0.25) is 0 Å². The second kappa shape index (κ2) is 36.7. The van der Waals surface area contributed by atoms with E-state index in [1.54, 1.807) is 7.11 Å². The van der Waals surface area contributed by atoms with E-state index in [2.05, 4.69) is 42.4 Å². The number of rotatable bonds is 33. The zero-order valence-corrected chi connectivity index (χ0v) is 33.3. The highest BCUT2D eigenvalue weighted by atomic mass is 16.5. The van der Waals surface area contributed by atoms with Gasteiger partial charge in [-0.1, -0.05) is 105 Å². The second-order valence-electron chi connectivity index (χ2n) is 14.4. The predicted molar refractivity (Wildman–Crippen MR) is 207 cm³/mol. The van der Waals surface area contributed by atoms with Crippen LogP contribution < -0.4 is 0 Å². The molecule has 1 aliphatic rings. The van der Waals surface area contributed by atoms with Crippen molar-refractivity contribution in [3.63, 3.8) is 0 Å². The summed E-state index contributed by atoms with van der Waals surface area (Å²) in [5.41, 5.74) is 0. The van der Waals surface area contributed by atoms with Crippen molar-refractivity contribution in [1.82, 2.24) is 14.7 Å². The third kappa shape index (κ3) is 29.2. The average Bonchev–Trinajstić information content (AvgIpc) is 3.12. The summed E-state index contributed by atoms with van der Waals surface area (Å²) in [6.45, 7) is 19.9. The Morgan fingerprint density at radius 2 is 1.16 bits per heavy atom. The number of β-amino-alcohol motifs (C(OH)–C–C–N with tert-alkyl or cyclic N) is 1. The first kappa shape index (κ1) is 47.9. The molecular weight excluding hydrogens is 614 g/mol. The van der Waals surface area contributed by atoms with Crippen LogP contribution in [0.1, 0.15) is 156 Å². The number of hydrogen-bond donors (Lipinski definition) is 1. The van der Waals surface area contributed by atoms with Gasteiger partial charge in [0.15, 0.2) is 0 Å². The number of ether oxygens (including phenoxy) is 2. The molecule has 0 aromatic heterocycles. The van der Waals surface area contributed by atoms with E-state index in [0.29, 0.717) is 12.5 Å². The molecule has 0 aromatic carbocycles. The quantitative estimate of drug-likeness (QED) is 0.0416. The van der Waals surface area contributed by atoms with Crippen LogP contribution in [0.15, 0.2) is 0 Å². The molecule has 8 heteroatoms. The molecule has 1 fully saturated rings. The Morgan fingerprint density at radius 1 is 0.653 bits per heavy atom. The van der Waals surface area contributed by atoms with E-state index >= 15 is 0 Å². The molecule has 0 radical (unpaired) electrons. The lowest BCUT2D eigenvalue weighted by molar-refractivity contribution is -0.149. The van der Waals surface area contributed by atoms with E-state index in [1.165, 1.54) is 57.8 Å². The summed E-state index contributed by atoms with van der Waals surface area (Å²) in [4.78, 5) is 30.8. The van der Waals surface area contributed by atoms with E-state index in [1.807, 2.05) is 0 Å². The van der Waals surface area contributed by atoms with Crippen molar-refractivity contribution in [3.05, 3.63) is 0 Å². The summed E-state index contributed by atoms with van der Waals surface area (Å²) in [6.07, 6.45) is 24.3. The first-order valence-corrected chi connectivity index (χ1v) is 20.9. The SMILES string of the molecule is CCCCCCC(C=O)CCCC.CCCCCCC(CCCC)C(=O)OCCCCN(CCCCOC)CCN1CCN(CCO)CC1. The second-order valence-corrected chi connectivity index (χ2v) is 14.4. The Morgan fingerprint density at radius 3 is 1.71 bits per heavy atom. The van der Waals surface area contributed by atoms with Gasteiger partial charge in [-0.2, -0.15) is 0 Å². The lowest BCUT2D eigenvalue weighted by atomic mass is 9.95. The lowest BCUT2D eigenvalue weighted by Crippen LogP contribution is -2.49. The number of nitrogens with zero attached hydrogens (tertiary/aromatic N) is 3. The molecule has 1 aliphatic heterocycles. The predicted octanol–water partition coefficient (Wildman–Crippen LogP) is 8.39. The first-order chi connectivity index (χ1) is 24.0. The van der Waals surface area contributed by atoms with Crippen LogP contribution in [0.25, 0.3) is 0 Å². The Labute approximate surface area is 304 Å². The minimum absolute atomic E-state index is 0.0386. The Bertz CT molecular complexity index is 705. The molecule has 292 valence electrons. The summed E-state index contributed by atoms with van der Waals surface area (Å²) in [6, 6.07) is 0. The number of unbranched alkanes of at least 4 members (excludes halogenated alkanes) is 10. The highest BCUT2D eigenvalue weighted by molar-refractivity contribution is 5.72. The molecule has 49 heavy (non-hydrogen) atoms. The molecule has 0 amide bonds. The molecule has 0 bridgehead atoms. The van der Waals surface area contributed by atoms with Gasteiger partial charge in [-0.15, -0.1) is 0 Å². The molecule has 0 spiro atoms. The highest BCUT2D eigenvalue weighted by Crippen LogP contribution is 2.19. The Hall–Kier alpha value is -1.06. The number of aliphatic hydroxyl groups excluding tert-OH is 1. The maximum Gasteiger partial charge on any atom is 0.308 e. The fourth-order valence-corrected chi connectivity index (χ4v) is 6.53. The fourth-order valence-electron chi connectivity index (χ4n) is 6.53. The molecular formula is C41H83N3O5. The van der Waals surface area contributed by atoms with Gasteiger partial charge in [-0.05, 0) is 64.5 Å².